The molecule has 5 nitrogen and oxygen atoms in total. The molecule has 3 rings (SSSR count). The third-order valence-electron chi connectivity index (χ3n) is 5.21. The molecule has 6 heteroatoms. The van der Waals surface area contributed by atoms with Crippen LogP contribution >= 0.6 is 12.4 Å². The smallest absolute Gasteiger partial charge is 0.220 e. The van der Waals surface area contributed by atoms with Crippen LogP contribution in [0.15, 0.2) is 0 Å². The third kappa shape index (κ3) is 6.22. The fourth-order valence-electron chi connectivity index (χ4n) is 4.07. The van der Waals surface area contributed by atoms with Crippen LogP contribution in [0.2, 0.25) is 0 Å². The first-order valence-corrected chi connectivity index (χ1v) is 9.01. The van der Waals surface area contributed by atoms with Crippen molar-refractivity contribution >= 4 is 18.3 Å². The van der Waals surface area contributed by atoms with E-state index in [4.69, 9.17) is 9.47 Å². The molecule has 2 atom stereocenters. The van der Waals surface area contributed by atoms with Crippen molar-refractivity contribution in [2.75, 3.05) is 26.4 Å². The summed E-state index contributed by atoms with van der Waals surface area (Å²) in [5, 5.41) is 6.68. The van der Waals surface area contributed by atoms with E-state index >= 15 is 0 Å². The first-order chi connectivity index (χ1) is 10.8. The molecule has 3 aliphatic rings. The minimum atomic E-state index is 0. The number of halogens is 1. The Morgan fingerprint density at radius 3 is 2.52 bits per heavy atom. The lowest BCUT2D eigenvalue weighted by atomic mass is 9.89. The molecule has 0 spiro atoms. The quantitative estimate of drug-likeness (QED) is 0.692. The van der Waals surface area contributed by atoms with E-state index in [0.717, 1.165) is 45.6 Å². The van der Waals surface area contributed by atoms with Crippen molar-refractivity contribution in [3.05, 3.63) is 0 Å². The first kappa shape index (κ1) is 19.0. The molecule has 2 bridgehead atoms. The second-order valence-corrected chi connectivity index (χ2v) is 7.07. The zero-order chi connectivity index (χ0) is 15.2. The maximum atomic E-state index is 12.0. The Morgan fingerprint density at radius 1 is 1.13 bits per heavy atom. The number of carbonyl (C=O) groups excluding carboxylic acids is 1. The highest BCUT2D eigenvalue weighted by atomic mass is 35.5. The van der Waals surface area contributed by atoms with Gasteiger partial charge in [0.15, 0.2) is 0 Å². The molecule has 2 N–H and O–H groups in total. The van der Waals surface area contributed by atoms with Crippen molar-refractivity contribution in [1.82, 2.24) is 10.6 Å². The number of fused-ring (bicyclic) bond motifs is 2. The number of carbonyl (C=O) groups is 1. The molecular weight excluding hydrogens is 316 g/mol. The predicted molar refractivity (Wildman–Crippen MR) is 92.0 cm³/mol. The summed E-state index contributed by atoms with van der Waals surface area (Å²) in [6.07, 6.45) is 8.92. The summed E-state index contributed by atoms with van der Waals surface area (Å²) in [7, 11) is 0. The standard InChI is InChI=1S/C17H30N2O3.ClH/c20-17(12-13-10-14-2-3-15(11-13)19-14)18-6-1-7-22-16-4-8-21-9-5-16;/h13-16,19H,1-12H2,(H,18,20);1H. The van der Waals surface area contributed by atoms with Crippen molar-refractivity contribution in [2.24, 2.45) is 5.92 Å². The van der Waals surface area contributed by atoms with E-state index in [1.54, 1.807) is 0 Å². The van der Waals surface area contributed by atoms with Gasteiger partial charge in [-0.25, -0.2) is 0 Å². The van der Waals surface area contributed by atoms with Gasteiger partial charge in [0.05, 0.1) is 6.10 Å². The Hall–Kier alpha value is -0.360. The normalized spacial score (nSPS) is 30.7. The zero-order valence-corrected chi connectivity index (χ0v) is 14.7. The van der Waals surface area contributed by atoms with Gasteiger partial charge in [-0.1, -0.05) is 0 Å². The summed E-state index contributed by atoms with van der Waals surface area (Å²) in [6, 6.07) is 1.34. The Balaban J connectivity index is 0.00000192. The predicted octanol–water partition coefficient (Wildman–Crippen LogP) is 2.03. The van der Waals surface area contributed by atoms with E-state index in [9.17, 15) is 4.79 Å². The van der Waals surface area contributed by atoms with E-state index in [1.807, 2.05) is 0 Å². The largest absolute Gasteiger partial charge is 0.381 e. The van der Waals surface area contributed by atoms with Gasteiger partial charge in [-0.15, -0.1) is 12.4 Å². The van der Waals surface area contributed by atoms with Crippen molar-refractivity contribution in [3.63, 3.8) is 0 Å². The fourth-order valence-corrected chi connectivity index (χ4v) is 4.07. The summed E-state index contributed by atoms with van der Waals surface area (Å²) in [5.74, 6) is 0.801. The SMILES string of the molecule is Cl.O=C(CC1CC2CCC(C1)N2)NCCCOC1CCOCC1. The monoisotopic (exact) mass is 346 g/mol. The van der Waals surface area contributed by atoms with Crippen molar-refractivity contribution in [2.45, 2.75) is 69.6 Å². The van der Waals surface area contributed by atoms with E-state index in [-0.39, 0.29) is 18.3 Å². The molecule has 0 aromatic heterocycles. The van der Waals surface area contributed by atoms with Gasteiger partial charge in [0, 0.05) is 44.9 Å². The van der Waals surface area contributed by atoms with Gasteiger partial charge in [0.2, 0.25) is 5.91 Å². The molecule has 3 heterocycles. The maximum absolute atomic E-state index is 12.0. The van der Waals surface area contributed by atoms with E-state index in [1.165, 1.54) is 25.7 Å². The number of piperidine rings is 1. The van der Waals surface area contributed by atoms with Gasteiger partial charge in [0.25, 0.3) is 0 Å². The average Bonchev–Trinajstić information content (AvgIpc) is 2.87. The molecule has 2 unspecified atom stereocenters. The molecule has 0 aromatic carbocycles. The van der Waals surface area contributed by atoms with Crippen LogP contribution in [0, 0.1) is 5.92 Å². The number of hydrogen-bond donors (Lipinski definition) is 2. The molecule has 3 fully saturated rings. The van der Waals surface area contributed by atoms with Crippen LogP contribution < -0.4 is 10.6 Å². The summed E-state index contributed by atoms with van der Waals surface area (Å²) < 4.78 is 11.1. The third-order valence-corrected chi connectivity index (χ3v) is 5.21. The Bertz CT molecular complexity index is 352. The van der Waals surface area contributed by atoms with Gasteiger partial charge in [-0.05, 0) is 50.9 Å². The highest BCUT2D eigenvalue weighted by Gasteiger charge is 2.34. The van der Waals surface area contributed by atoms with Gasteiger partial charge in [0.1, 0.15) is 0 Å². The van der Waals surface area contributed by atoms with Crippen LogP contribution in [0.4, 0.5) is 0 Å². The van der Waals surface area contributed by atoms with Gasteiger partial charge in [-0.3, -0.25) is 4.79 Å². The van der Waals surface area contributed by atoms with E-state index < -0.39 is 0 Å². The van der Waals surface area contributed by atoms with Gasteiger partial charge in [-0.2, -0.15) is 0 Å². The van der Waals surface area contributed by atoms with E-state index in [2.05, 4.69) is 10.6 Å². The van der Waals surface area contributed by atoms with E-state index in [0.29, 0.717) is 30.5 Å². The number of amides is 1. The highest BCUT2D eigenvalue weighted by Crippen LogP contribution is 2.32. The van der Waals surface area contributed by atoms with Crippen molar-refractivity contribution in [1.29, 1.82) is 0 Å². The molecule has 0 aliphatic carbocycles. The molecule has 3 aliphatic heterocycles. The second-order valence-electron chi connectivity index (χ2n) is 7.07. The average molecular weight is 347 g/mol. The summed E-state index contributed by atoms with van der Waals surface area (Å²) >= 11 is 0. The lowest BCUT2D eigenvalue weighted by molar-refractivity contribution is -0.122. The van der Waals surface area contributed by atoms with Crippen LogP contribution in [0.3, 0.4) is 0 Å². The topological polar surface area (TPSA) is 59.6 Å². The minimum Gasteiger partial charge on any atom is -0.381 e. The Labute approximate surface area is 145 Å². The van der Waals surface area contributed by atoms with Crippen LogP contribution in [-0.4, -0.2) is 50.5 Å². The number of ether oxygens (including phenoxy) is 2. The maximum Gasteiger partial charge on any atom is 0.220 e. The van der Waals surface area contributed by atoms with Gasteiger partial charge < -0.3 is 20.1 Å². The summed E-state index contributed by atoms with van der Waals surface area (Å²) in [6.45, 7) is 3.11. The molecule has 1 amide bonds. The van der Waals surface area contributed by atoms with Crippen LogP contribution in [-0.2, 0) is 14.3 Å². The summed E-state index contributed by atoms with van der Waals surface area (Å²) in [5.41, 5.74) is 0. The number of rotatable bonds is 7. The molecule has 0 aromatic rings. The molecule has 134 valence electrons. The first-order valence-electron chi connectivity index (χ1n) is 9.01. The minimum absolute atomic E-state index is 0. The van der Waals surface area contributed by atoms with Crippen LogP contribution in [0.1, 0.15) is 51.4 Å². The van der Waals surface area contributed by atoms with Crippen molar-refractivity contribution in [3.8, 4) is 0 Å². The second kappa shape index (κ2) is 9.82. The van der Waals surface area contributed by atoms with Crippen LogP contribution in [0.25, 0.3) is 0 Å². The molecule has 0 saturated carbocycles. The molecule has 0 radical (unpaired) electrons. The fraction of sp³-hybridized carbons (Fsp3) is 0.941. The molecular formula is C17H31ClN2O3. The van der Waals surface area contributed by atoms with Crippen LogP contribution in [0.5, 0.6) is 0 Å². The zero-order valence-electron chi connectivity index (χ0n) is 13.9. The molecule has 3 saturated heterocycles. The lowest BCUT2D eigenvalue weighted by Crippen LogP contribution is -2.39. The van der Waals surface area contributed by atoms with Gasteiger partial charge >= 0.3 is 0 Å². The number of hydrogen-bond acceptors (Lipinski definition) is 4. The Kier molecular flexibility index (Phi) is 8.10. The lowest BCUT2D eigenvalue weighted by Gasteiger charge is -2.28. The molecule has 23 heavy (non-hydrogen) atoms. The summed E-state index contributed by atoms with van der Waals surface area (Å²) in [4.78, 5) is 12.0. The Morgan fingerprint density at radius 2 is 1.83 bits per heavy atom. The van der Waals surface area contributed by atoms with Crippen molar-refractivity contribution < 1.29 is 14.3 Å². The highest BCUT2D eigenvalue weighted by molar-refractivity contribution is 5.85. The number of nitrogens with one attached hydrogen (secondary N) is 2.